The van der Waals surface area contributed by atoms with E-state index in [0.29, 0.717) is 12.5 Å². The Kier molecular flexibility index (Phi) is 6.79. The van der Waals surface area contributed by atoms with Crippen molar-refractivity contribution >= 4 is 45.6 Å². The van der Waals surface area contributed by atoms with Crippen molar-refractivity contribution in [3.05, 3.63) is 23.2 Å². The summed E-state index contributed by atoms with van der Waals surface area (Å²) in [5.41, 5.74) is 1.39. The molecular formula is C18H26ClN3O2S. The van der Waals surface area contributed by atoms with E-state index in [1.54, 1.807) is 18.4 Å². The monoisotopic (exact) mass is 383 g/mol. The number of carbonyl (C=O) groups is 1. The zero-order valence-electron chi connectivity index (χ0n) is 14.9. The maximum atomic E-state index is 12.9. The van der Waals surface area contributed by atoms with Crippen LogP contribution in [0.2, 0.25) is 0 Å². The Morgan fingerprint density at radius 3 is 2.76 bits per heavy atom. The molecule has 0 aliphatic carbocycles. The van der Waals surface area contributed by atoms with E-state index in [0.717, 1.165) is 46.8 Å². The topological polar surface area (TPSA) is 63.2 Å². The van der Waals surface area contributed by atoms with Gasteiger partial charge in [0.05, 0.1) is 27.2 Å². The van der Waals surface area contributed by atoms with Crippen LogP contribution in [0.15, 0.2) is 18.2 Å². The first kappa shape index (κ1) is 20.1. The van der Waals surface area contributed by atoms with Gasteiger partial charge in [-0.1, -0.05) is 13.8 Å². The highest BCUT2D eigenvalue weighted by molar-refractivity contribution is 7.18. The third-order valence-corrected chi connectivity index (χ3v) is 5.94. The van der Waals surface area contributed by atoms with E-state index in [4.69, 9.17) is 4.74 Å². The van der Waals surface area contributed by atoms with Gasteiger partial charge in [0.1, 0.15) is 0 Å². The minimum atomic E-state index is -0.439. The lowest BCUT2D eigenvalue weighted by Gasteiger charge is -2.35. The molecule has 1 amide bonds. The fraction of sp³-hybridized carbons (Fsp3) is 0.556. The highest BCUT2D eigenvalue weighted by Crippen LogP contribution is 2.33. The van der Waals surface area contributed by atoms with Crippen molar-refractivity contribution in [1.29, 1.82) is 0 Å². The zero-order valence-corrected chi connectivity index (χ0v) is 16.6. The Bertz CT molecular complexity index is 721. The summed E-state index contributed by atoms with van der Waals surface area (Å²) in [7, 11) is 1.66. The first-order valence-corrected chi connectivity index (χ1v) is 9.27. The van der Waals surface area contributed by atoms with Gasteiger partial charge in [0.25, 0.3) is 0 Å². The van der Waals surface area contributed by atoms with Gasteiger partial charge in [-0.3, -0.25) is 4.79 Å². The number of nitrogens with zero attached hydrogens (tertiary/aromatic N) is 1. The van der Waals surface area contributed by atoms with Crippen molar-refractivity contribution in [3.8, 4) is 0 Å². The number of hydrogen-bond donors (Lipinski definition) is 2. The number of halogens is 1. The fourth-order valence-corrected chi connectivity index (χ4v) is 4.16. The molecule has 2 heterocycles. The Morgan fingerprint density at radius 2 is 2.12 bits per heavy atom. The number of thiazole rings is 1. The number of hydrogen-bond acceptors (Lipinski definition) is 5. The average Bonchev–Trinajstić information content (AvgIpc) is 2.99. The number of carbonyl (C=O) groups excluding carboxylic acids is 1. The zero-order chi connectivity index (χ0) is 17.2. The second kappa shape index (κ2) is 8.45. The summed E-state index contributed by atoms with van der Waals surface area (Å²) in [4.78, 5) is 17.5. The Hall–Kier alpha value is -1.21. The molecule has 1 aromatic carbocycles. The highest BCUT2D eigenvalue weighted by Gasteiger charge is 2.39. The minimum absolute atomic E-state index is 0. The maximum absolute atomic E-state index is 12.9. The predicted molar refractivity (Wildman–Crippen MR) is 106 cm³/mol. The molecule has 0 saturated carbocycles. The molecule has 1 aliphatic rings. The summed E-state index contributed by atoms with van der Waals surface area (Å²) in [5.74, 6) is 0.471. The lowest BCUT2D eigenvalue weighted by atomic mass is 9.78. The second-order valence-corrected chi connectivity index (χ2v) is 7.87. The van der Waals surface area contributed by atoms with Gasteiger partial charge >= 0.3 is 0 Å². The molecule has 2 aromatic rings. The maximum Gasteiger partial charge on any atom is 0.233 e. The molecule has 2 N–H and O–H groups in total. The molecule has 7 heteroatoms. The standard InChI is InChI=1S/C18H25N3O2S.ClH/c1-12(2)16-21-14-5-4-13(10-15(14)24-16)20-17(22)18(11-23-3)6-8-19-9-7-18;/h4-5,10,12,19H,6-9,11H2,1-3H3,(H,20,22);1H. The van der Waals surface area contributed by atoms with Gasteiger partial charge in [-0.2, -0.15) is 0 Å². The van der Waals surface area contributed by atoms with Crippen molar-refractivity contribution in [2.45, 2.75) is 32.6 Å². The lowest BCUT2D eigenvalue weighted by Crippen LogP contribution is -2.47. The lowest BCUT2D eigenvalue weighted by molar-refractivity contribution is -0.130. The first-order valence-electron chi connectivity index (χ1n) is 8.46. The normalized spacial score (nSPS) is 16.6. The fourth-order valence-electron chi connectivity index (χ4n) is 3.15. The average molecular weight is 384 g/mol. The molecule has 3 rings (SSSR count). The summed E-state index contributed by atoms with van der Waals surface area (Å²) < 4.78 is 6.46. The molecular weight excluding hydrogens is 358 g/mol. The van der Waals surface area contributed by atoms with Crippen LogP contribution in [0.3, 0.4) is 0 Å². The van der Waals surface area contributed by atoms with E-state index in [-0.39, 0.29) is 18.3 Å². The molecule has 0 radical (unpaired) electrons. The number of ether oxygens (including phenoxy) is 1. The Labute approximate surface area is 159 Å². The van der Waals surface area contributed by atoms with Crippen LogP contribution < -0.4 is 10.6 Å². The highest BCUT2D eigenvalue weighted by atomic mass is 35.5. The van der Waals surface area contributed by atoms with Crippen LogP contribution >= 0.6 is 23.7 Å². The molecule has 0 atom stereocenters. The van der Waals surface area contributed by atoms with Gasteiger partial charge in [-0.25, -0.2) is 4.98 Å². The SMILES string of the molecule is COCC1(C(=O)Nc2ccc3nc(C(C)C)sc3c2)CCNCC1.Cl. The van der Waals surface area contributed by atoms with Gasteiger partial charge < -0.3 is 15.4 Å². The van der Waals surface area contributed by atoms with Crippen molar-refractivity contribution < 1.29 is 9.53 Å². The molecule has 0 bridgehead atoms. The number of piperidine rings is 1. The van der Waals surface area contributed by atoms with Gasteiger partial charge in [0.15, 0.2) is 0 Å². The summed E-state index contributed by atoms with van der Waals surface area (Å²) in [6.07, 6.45) is 1.60. The van der Waals surface area contributed by atoms with Crippen LogP contribution in [-0.4, -0.2) is 37.7 Å². The second-order valence-electron chi connectivity index (χ2n) is 6.81. The van der Waals surface area contributed by atoms with E-state index >= 15 is 0 Å². The summed E-state index contributed by atoms with van der Waals surface area (Å²) in [6.45, 7) is 6.45. The van der Waals surface area contributed by atoms with Crippen molar-refractivity contribution in [1.82, 2.24) is 10.3 Å². The molecule has 138 valence electrons. The number of methoxy groups -OCH3 is 1. The molecule has 1 saturated heterocycles. The van der Waals surface area contributed by atoms with E-state index in [1.165, 1.54) is 0 Å². The van der Waals surface area contributed by atoms with Gasteiger partial charge in [-0.05, 0) is 44.1 Å². The van der Waals surface area contributed by atoms with Crippen molar-refractivity contribution in [2.75, 3.05) is 32.1 Å². The predicted octanol–water partition coefficient (Wildman–Crippen LogP) is 3.80. The van der Waals surface area contributed by atoms with E-state index < -0.39 is 5.41 Å². The number of benzene rings is 1. The molecule has 25 heavy (non-hydrogen) atoms. The van der Waals surface area contributed by atoms with Crippen LogP contribution in [0.5, 0.6) is 0 Å². The molecule has 5 nitrogen and oxygen atoms in total. The molecule has 0 unspecified atom stereocenters. The number of anilines is 1. The quantitative estimate of drug-likeness (QED) is 0.824. The van der Waals surface area contributed by atoms with E-state index in [9.17, 15) is 4.79 Å². The summed E-state index contributed by atoms with van der Waals surface area (Å²) in [5, 5.41) is 7.54. The van der Waals surface area contributed by atoms with E-state index in [2.05, 4.69) is 29.5 Å². The van der Waals surface area contributed by atoms with Gasteiger partial charge in [0, 0.05) is 18.7 Å². The van der Waals surface area contributed by atoms with Crippen LogP contribution in [0, 0.1) is 5.41 Å². The number of aromatic nitrogens is 1. The molecule has 1 fully saturated rings. The van der Waals surface area contributed by atoms with Crippen LogP contribution in [0.1, 0.15) is 37.6 Å². The van der Waals surface area contributed by atoms with E-state index in [1.807, 2.05) is 18.2 Å². The molecule has 1 aromatic heterocycles. The largest absolute Gasteiger partial charge is 0.384 e. The molecule has 0 spiro atoms. The van der Waals surface area contributed by atoms with Crippen LogP contribution in [0.25, 0.3) is 10.2 Å². The number of amides is 1. The van der Waals surface area contributed by atoms with Gasteiger partial charge in [-0.15, -0.1) is 23.7 Å². The van der Waals surface area contributed by atoms with Gasteiger partial charge in [0.2, 0.25) is 5.91 Å². The molecule has 1 aliphatic heterocycles. The summed E-state index contributed by atoms with van der Waals surface area (Å²) in [6, 6.07) is 5.95. The number of nitrogens with one attached hydrogen (secondary N) is 2. The first-order chi connectivity index (χ1) is 11.5. The Balaban J connectivity index is 0.00000225. The summed E-state index contributed by atoms with van der Waals surface area (Å²) >= 11 is 1.69. The number of fused-ring (bicyclic) bond motifs is 1. The smallest absolute Gasteiger partial charge is 0.233 e. The van der Waals surface area contributed by atoms with Crippen LogP contribution in [0.4, 0.5) is 5.69 Å². The third-order valence-electron chi connectivity index (χ3n) is 4.62. The third kappa shape index (κ3) is 4.31. The van der Waals surface area contributed by atoms with Crippen LogP contribution in [-0.2, 0) is 9.53 Å². The van der Waals surface area contributed by atoms with Crippen molar-refractivity contribution in [3.63, 3.8) is 0 Å². The minimum Gasteiger partial charge on any atom is -0.384 e. The number of rotatable bonds is 5. The van der Waals surface area contributed by atoms with Crippen molar-refractivity contribution in [2.24, 2.45) is 5.41 Å². The Morgan fingerprint density at radius 1 is 1.40 bits per heavy atom.